The maximum Gasteiger partial charge on any atom is 0.134 e. The lowest BCUT2D eigenvalue weighted by atomic mass is 9.88. The van der Waals surface area contributed by atoms with Crippen molar-refractivity contribution < 1.29 is 14.3 Å². The molecule has 178 valence electrons. The number of carbonyl (C=O) groups is 1. The Morgan fingerprint density at radius 1 is 1.18 bits per heavy atom. The zero-order chi connectivity index (χ0) is 25.1. The number of benzene rings is 2. The van der Waals surface area contributed by atoms with Gasteiger partial charge in [-0.05, 0) is 75.1 Å². The van der Waals surface area contributed by atoms with Gasteiger partial charge in [0.1, 0.15) is 16.8 Å². The Morgan fingerprint density at radius 2 is 1.73 bits per heavy atom. The predicted octanol–water partition coefficient (Wildman–Crippen LogP) is 6.57. The van der Waals surface area contributed by atoms with E-state index in [1.807, 2.05) is 6.07 Å². The molecule has 0 spiro atoms. The van der Waals surface area contributed by atoms with Crippen LogP contribution >= 0.6 is 11.6 Å². The SMILES string of the molecule is C=C.CC(=O)Cc1c(C)c2c3c(cc(Cl)n3CCN2C)c1-c1ccc(F)cc1.CC(C)(C)O. The fourth-order valence-corrected chi connectivity index (χ4v) is 4.38. The summed E-state index contributed by atoms with van der Waals surface area (Å²) in [4.78, 5) is 14.2. The third kappa shape index (κ3) is 6.04. The Labute approximate surface area is 201 Å². The van der Waals surface area contributed by atoms with Crippen molar-refractivity contribution in [3.05, 3.63) is 65.6 Å². The van der Waals surface area contributed by atoms with E-state index >= 15 is 0 Å². The van der Waals surface area contributed by atoms with Crippen molar-refractivity contribution in [3.8, 4) is 11.1 Å². The maximum atomic E-state index is 13.5. The summed E-state index contributed by atoms with van der Waals surface area (Å²) in [5, 5.41) is 10.2. The van der Waals surface area contributed by atoms with E-state index in [0.29, 0.717) is 11.6 Å². The van der Waals surface area contributed by atoms with Gasteiger partial charge in [0, 0.05) is 31.9 Å². The van der Waals surface area contributed by atoms with Gasteiger partial charge in [0.25, 0.3) is 0 Å². The molecule has 0 saturated carbocycles. The topological polar surface area (TPSA) is 45.5 Å². The van der Waals surface area contributed by atoms with E-state index in [2.05, 4.69) is 36.6 Å². The number of hydrogen-bond acceptors (Lipinski definition) is 3. The number of aromatic nitrogens is 1. The second-order valence-electron chi connectivity index (χ2n) is 9.19. The molecule has 3 aromatic rings. The lowest BCUT2D eigenvalue weighted by Gasteiger charge is -2.31. The number of nitrogens with zero attached hydrogens (tertiary/aromatic N) is 2. The summed E-state index contributed by atoms with van der Waals surface area (Å²) in [5.74, 6) is -0.171. The van der Waals surface area contributed by atoms with Gasteiger partial charge in [-0.1, -0.05) is 23.7 Å². The van der Waals surface area contributed by atoms with Crippen molar-refractivity contribution in [2.45, 2.75) is 53.2 Å². The molecule has 0 atom stereocenters. The van der Waals surface area contributed by atoms with Crippen molar-refractivity contribution in [3.63, 3.8) is 0 Å². The summed E-state index contributed by atoms with van der Waals surface area (Å²) in [7, 11) is 2.07. The molecule has 4 rings (SSSR count). The molecule has 1 aromatic heterocycles. The van der Waals surface area contributed by atoms with Gasteiger partial charge < -0.3 is 14.6 Å². The second-order valence-corrected chi connectivity index (χ2v) is 9.57. The normalized spacial score (nSPS) is 12.6. The van der Waals surface area contributed by atoms with E-state index in [4.69, 9.17) is 16.7 Å². The first-order valence-corrected chi connectivity index (χ1v) is 11.3. The number of likely N-dealkylation sites (N-methyl/N-ethyl adjacent to an activating group) is 1. The molecule has 0 fully saturated rings. The number of carbonyl (C=O) groups excluding carboxylic acids is 1. The fourth-order valence-electron chi connectivity index (χ4n) is 4.10. The zero-order valence-corrected chi connectivity index (χ0v) is 21.2. The molecule has 0 saturated heterocycles. The molecule has 1 N–H and O–H groups in total. The highest BCUT2D eigenvalue weighted by atomic mass is 35.5. The molecule has 0 amide bonds. The van der Waals surface area contributed by atoms with E-state index in [9.17, 15) is 9.18 Å². The first-order chi connectivity index (χ1) is 15.4. The number of Topliss-reactive ketones (excluding diaryl/α,β-unsaturated/α-hetero) is 1. The molecule has 0 unspecified atom stereocenters. The average Bonchev–Trinajstić information content (AvgIpc) is 3.04. The highest BCUT2D eigenvalue weighted by Gasteiger charge is 2.27. The zero-order valence-electron chi connectivity index (χ0n) is 20.4. The standard InChI is InChI=1S/C21H20ClFN2O.C4H10O.C2H4/c1-12(26)10-16-13(2)20-21-17(11-18(22)25(21)9-8-24(20)3)19(16)14-4-6-15(23)7-5-14;1-4(2,3)5;1-2/h4-7,11H,8-10H2,1-3H3;5H,1-3H3;1-2H2. The Kier molecular flexibility index (Phi) is 8.50. The van der Waals surface area contributed by atoms with E-state index in [-0.39, 0.29) is 11.6 Å². The van der Waals surface area contributed by atoms with Crippen molar-refractivity contribution >= 4 is 34.0 Å². The molecule has 0 radical (unpaired) electrons. The summed E-state index contributed by atoms with van der Waals surface area (Å²) in [6.45, 7) is 16.6. The fraction of sp³-hybridized carbons (Fsp3) is 0.370. The summed E-state index contributed by atoms with van der Waals surface area (Å²) < 4.78 is 15.6. The number of halogens is 2. The lowest BCUT2D eigenvalue weighted by molar-refractivity contribution is -0.116. The number of anilines is 1. The van der Waals surface area contributed by atoms with Crippen LogP contribution in [-0.2, 0) is 17.8 Å². The Balaban J connectivity index is 0.000000489. The first-order valence-electron chi connectivity index (χ1n) is 10.9. The highest BCUT2D eigenvalue weighted by Crippen LogP contribution is 2.45. The molecule has 4 nitrogen and oxygen atoms in total. The van der Waals surface area contributed by atoms with Gasteiger partial charge in [0.2, 0.25) is 0 Å². The molecule has 1 aliphatic heterocycles. The van der Waals surface area contributed by atoms with E-state index in [1.165, 1.54) is 12.1 Å². The molecule has 2 aromatic carbocycles. The monoisotopic (exact) mass is 472 g/mol. The van der Waals surface area contributed by atoms with Gasteiger partial charge >= 0.3 is 0 Å². The predicted molar refractivity (Wildman–Crippen MR) is 138 cm³/mol. The van der Waals surface area contributed by atoms with Crippen LogP contribution in [0.15, 0.2) is 43.5 Å². The van der Waals surface area contributed by atoms with Crippen LogP contribution in [0.3, 0.4) is 0 Å². The van der Waals surface area contributed by atoms with Crippen molar-refractivity contribution in [2.24, 2.45) is 0 Å². The molecule has 1 aliphatic rings. The van der Waals surface area contributed by atoms with Gasteiger partial charge in [0.05, 0.1) is 16.8 Å². The van der Waals surface area contributed by atoms with Crippen LogP contribution in [0, 0.1) is 12.7 Å². The second kappa shape index (κ2) is 10.5. The molecule has 2 heterocycles. The average molecular weight is 473 g/mol. The molecule has 33 heavy (non-hydrogen) atoms. The van der Waals surface area contributed by atoms with E-state index in [0.717, 1.165) is 51.9 Å². The largest absolute Gasteiger partial charge is 0.391 e. The van der Waals surface area contributed by atoms with Gasteiger partial charge in [0.15, 0.2) is 0 Å². The van der Waals surface area contributed by atoms with Crippen molar-refractivity contribution in [1.29, 1.82) is 0 Å². The highest BCUT2D eigenvalue weighted by molar-refractivity contribution is 6.31. The summed E-state index contributed by atoms with van der Waals surface area (Å²) in [6.07, 6.45) is 0.345. The van der Waals surface area contributed by atoms with Crippen LogP contribution in [0.4, 0.5) is 10.1 Å². The van der Waals surface area contributed by atoms with Crippen LogP contribution in [0.2, 0.25) is 5.15 Å². The number of aliphatic hydroxyl groups is 1. The lowest BCUT2D eigenvalue weighted by Crippen LogP contribution is -2.28. The smallest absolute Gasteiger partial charge is 0.134 e. The first kappa shape index (κ1) is 26.6. The molecular formula is C27H34ClFN2O2. The van der Waals surface area contributed by atoms with Crippen LogP contribution in [0.5, 0.6) is 0 Å². The third-order valence-electron chi connectivity index (χ3n) is 5.25. The minimum absolute atomic E-state index is 0.104. The van der Waals surface area contributed by atoms with E-state index < -0.39 is 5.60 Å². The van der Waals surface area contributed by atoms with Gasteiger partial charge in [-0.2, -0.15) is 0 Å². The summed E-state index contributed by atoms with van der Waals surface area (Å²) in [5.41, 5.74) is 5.68. The Hall–Kier alpha value is -2.63. The van der Waals surface area contributed by atoms with Gasteiger partial charge in [-0.3, -0.25) is 4.79 Å². The number of hydrogen-bond donors (Lipinski definition) is 1. The third-order valence-corrected chi connectivity index (χ3v) is 5.56. The number of ketones is 1. The minimum Gasteiger partial charge on any atom is -0.391 e. The van der Waals surface area contributed by atoms with Crippen LogP contribution in [-0.4, -0.2) is 34.7 Å². The minimum atomic E-state index is -0.500. The molecule has 0 bridgehead atoms. The van der Waals surface area contributed by atoms with Crippen molar-refractivity contribution in [1.82, 2.24) is 4.57 Å². The molecule has 0 aliphatic carbocycles. The summed E-state index contributed by atoms with van der Waals surface area (Å²) in [6, 6.07) is 8.43. The number of rotatable bonds is 3. The summed E-state index contributed by atoms with van der Waals surface area (Å²) >= 11 is 6.53. The van der Waals surface area contributed by atoms with Crippen molar-refractivity contribution in [2.75, 3.05) is 18.5 Å². The molecular weight excluding hydrogens is 439 g/mol. The van der Waals surface area contributed by atoms with Crippen LogP contribution in [0.25, 0.3) is 22.0 Å². The molecule has 6 heteroatoms. The van der Waals surface area contributed by atoms with Gasteiger partial charge in [-0.15, -0.1) is 13.2 Å². The maximum absolute atomic E-state index is 13.5. The van der Waals surface area contributed by atoms with Crippen LogP contribution < -0.4 is 4.90 Å². The Bertz CT molecular complexity index is 1140. The van der Waals surface area contributed by atoms with Crippen LogP contribution in [0.1, 0.15) is 38.8 Å². The quantitative estimate of drug-likeness (QED) is 0.438. The van der Waals surface area contributed by atoms with E-state index in [1.54, 1.807) is 39.8 Å². The van der Waals surface area contributed by atoms with Gasteiger partial charge in [-0.25, -0.2) is 4.39 Å². The Morgan fingerprint density at radius 3 is 2.24 bits per heavy atom.